The number of hydrogen-bond donors (Lipinski definition) is 1. The van der Waals surface area contributed by atoms with E-state index >= 15 is 0 Å². The van der Waals surface area contributed by atoms with Crippen LogP contribution in [0.4, 0.5) is 0 Å². The highest BCUT2D eigenvalue weighted by Crippen LogP contribution is 2.45. The van der Waals surface area contributed by atoms with Gasteiger partial charge in [-0.1, -0.05) is 40.6 Å². The van der Waals surface area contributed by atoms with E-state index in [1.165, 1.54) is 18.2 Å². The van der Waals surface area contributed by atoms with Crippen LogP contribution in [0.1, 0.15) is 21.5 Å². The molecule has 6 nitrogen and oxygen atoms in total. The minimum Gasteiger partial charge on any atom is -0.402 e. The average molecular weight is 322 g/mol. The predicted octanol–water partition coefficient (Wildman–Crippen LogP) is 3.57. The van der Waals surface area contributed by atoms with Crippen LogP contribution in [0.15, 0.2) is 48.5 Å². The van der Waals surface area contributed by atoms with Gasteiger partial charge in [-0.25, -0.2) is 9.36 Å². The van der Waals surface area contributed by atoms with Crippen LogP contribution in [-0.4, -0.2) is 10.9 Å². The molecule has 1 atom stereocenters. The Morgan fingerprint density at radius 2 is 1.68 bits per heavy atom. The van der Waals surface area contributed by atoms with Crippen LogP contribution in [0.25, 0.3) is 0 Å². The lowest BCUT2D eigenvalue weighted by Crippen LogP contribution is -2.07. The molecule has 1 unspecified atom stereocenters. The molecule has 2 rings (SSSR count). The first-order valence-electron chi connectivity index (χ1n) is 6.43. The summed E-state index contributed by atoms with van der Waals surface area (Å²) in [6.07, 6.45) is 0. The van der Waals surface area contributed by atoms with Gasteiger partial charge in [-0.05, 0) is 37.6 Å². The third-order valence-corrected chi connectivity index (χ3v) is 3.49. The number of benzene rings is 2. The summed E-state index contributed by atoms with van der Waals surface area (Å²) >= 11 is 0. The monoisotopic (exact) mass is 322 g/mol. The highest BCUT2D eigenvalue weighted by Gasteiger charge is 2.28. The van der Waals surface area contributed by atoms with Crippen molar-refractivity contribution in [1.82, 2.24) is 0 Å². The fourth-order valence-corrected chi connectivity index (χ4v) is 2.26. The number of phosphoric acid groups is 1. The number of carbonyl (C=O) groups excluding carboxylic acids is 1. The van der Waals surface area contributed by atoms with Crippen LogP contribution in [0.5, 0.6) is 5.75 Å². The summed E-state index contributed by atoms with van der Waals surface area (Å²) in [4.78, 5) is 25.6. The molecule has 22 heavy (non-hydrogen) atoms. The second-order valence-electron chi connectivity index (χ2n) is 4.64. The number of para-hydroxylation sites is 1. The Hall–Kier alpha value is -2.14. The maximum absolute atomic E-state index is 11.8. The summed E-state index contributed by atoms with van der Waals surface area (Å²) in [6.45, 7) is 3.57. The van der Waals surface area contributed by atoms with E-state index in [2.05, 4.69) is 9.56 Å². The van der Waals surface area contributed by atoms with E-state index in [1.54, 1.807) is 37.3 Å². The zero-order valence-electron chi connectivity index (χ0n) is 12.1. The van der Waals surface area contributed by atoms with Crippen molar-refractivity contribution < 1.29 is 28.3 Å². The van der Waals surface area contributed by atoms with Crippen molar-refractivity contribution in [2.45, 2.75) is 13.8 Å². The first-order valence-corrected chi connectivity index (χ1v) is 7.92. The van der Waals surface area contributed by atoms with E-state index in [9.17, 15) is 14.3 Å². The molecule has 7 heteroatoms. The Morgan fingerprint density at radius 3 is 2.32 bits per heavy atom. The van der Waals surface area contributed by atoms with E-state index < -0.39 is 13.8 Å². The third kappa shape index (κ3) is 4.43. The number of carbonyl (C=O) groups is 1. The third-order valence-electron chi connectivity index (χ3n) is 2.80. The molecular weight excluding hydrogens is 307 g/mol. The fourth-order valence-electron chi connectivity index (χ4n) is 1.62. The standard InChI is InChI=1S/C15H15O6P/c1-11-7-9-13(10-8-11)15(16)19-21-22(17,18)20-14-6-4-3-5-12(14)2/h3-10H,1-2H3,(H,17,18). The number of aryl methyl sites for hydroxylation is 2. The van der Waals surface area contributed by atoms with Crippen molar-refractivity contribution >= 4 is 13.8 Å². The van der Waals surface area contributed by atoms with Crippen LogP contribution in [0.3, 0.4) is 0 Å². The Morgan fingerprint density at radius 1 is 1.05 bits per heavy atom. The zero-order valence-corrected chi connectivity index (χ0v) is 12.9. The summed E-state index contributed by atoms with van der Waals surface area (Å²) in [5.41, 5.74) is 1.81. The van der Waals surface area contributed by atoms with Gasteiger partial charge >= 0.3 is 13.8 Å². The van der Waals surface area contributed by atoms with Gasteiger partial charge < -0.3 is 4.52 Å². The van der Waals surface area contributed by atoms with Gasteiger partial charge in [-0.3, -0.25) is 9.78 Å². The number of rotatable bonds is 5. The molecule has 1 N–H and O–H groups in total. The van der Waals surface area contributed by atoms with E-state index in [1.807, 2.05) is 6.92 Å². The van der Waals surface area contributed by atoms with Crippen LogP contribution < -0.4 is 4.52 Å². The lowest BCUT2D eigenvalue weighted by atomic mass is 10.2. The van der Waals surface area contributed by atoms with Crippen LogP contribution in [0.2, 0.25) is 0 Å². The summed E-state index contributed by atoms with van der Waals surface area (Å²) in [5.74, 6) is -0.720. The molecule has 0 aliphatic heterocycles. The van der Waals surface area contributed by atoms with Crippen LogP contribution in [-0.2, 0) is 14.1 Å². The second kappa shape index (κ2) is 6.75. The first kappa shape index (κ1) is 16.2. The van der Waals surface area contributed by atoms with Gasteiger partial charge in [0.1, 0.15) is 5.75 Å². The molecule has 0 amide bonds. The average Bonchev–Trinajstić information content (AvgIpc) is 2.48. The smallest absolute Gasteiger partial charge is 0.402 e. The van der Waals surface area contributed by atoms with E-state index in [0.717, 1.165) is 5.56 Å². The molecule has 0 fully saturated rings. The Labute approximate surface area is 127 Å². The van der Waals surface area contributed by atoms with Gasteiger partial charge in [0.25, 0.3) is 0 Å². The molecule has 0 saturated carbocycles. The SMILES string of the molecule is Cc1ccc(C(=O)OOP(=O)(O)Oc2ccccc2C)cc1. The van der Waals surface area contributed by atoms with Crippen molar-refractivity contribution in [3.8, 4) is 5.75 Å². The maximum Gasteiger partial charge on any atom is 0.564 e. The van der Waals surface area contributed by atoms with E-state index in [-0.39, 0.29) is 11.3 Å². The molecule has 116 valence electrons. The largest absolute Gasteiger partial charge is 0.564 e. The summed E-state index contributed by atoms with van der Waals surface area (Å²) in [7, 11) is -4.57. The predicted molar refractivity (Wildman–Crippen MR) is 79.3 cm³/mol. The molecular formula is C15H15O6P. The highest BCUT2D eigenvalue weighted by atomic mass is 31.2. The van der Waals surface area contributed by atoms with Crippen LogP contribution >= 0.6 is 7.82 Å². The van der Waals surface area contributed by atoms with Crippen molar-refractivity contribution in [3.05, 3.63) is 65.2 Å². The fraction of sp³-hybridized carbons (Fsp3) is 0.133. The molecule has 0 spiro atoms. The lowest BCUT2D eigenvalue weighted by Gasteiger charge is -2.12. The topological polar surface area (TPSA) is 82.1 Å². The Balaban J connectivity index is 1.97. The molecule has 0 aromatic heterocycles. The molecule has 0 radical (unpaired) electrons. The molecule has 2 aromatic rings. The van der Waals surface area contributed by atoms with Gasteiger partial charge in [0, 0.05) is 0 Å². The van der Waals surface area contributed by atoms with Gasteiger partial charge in [0.2, 0.25) is 0 Å². The van der Waals surface area contributed by atoms with Gasteiger partial charge in [0.05, 0.1) is 5.56 Å². The molecule has 0 bridgehead atoms. The minimum absolute atomic E-state index is 0.166. The second-order valence-corrected chi connectivity index (χ2v) is 5.91. The minimum atomic E-state index is -4.57. The van der Waals surface area contributed by atoms with Crippen LogP contribution in [0, 0.1) is 13.8 Å². The molecule has 0 heterocycles. The first-order chi connectivity index (χ1) is 10.4. The summed E-state index contributed by atoms with van der Waals surface area (Å²) < 4.78 is 20.9. The van der Waals surface area contributed by atoms with Gasteiger partial charge in [-0.2, -0.15) is 0 Å². The molecule has 0 aliphatic rings. The summed E-state index contributed by atoms with van der Waals surface area (Å²) in [6, 6.07) is 13.1. The van der Waals surface area contributed by atoms with Gasteiger partial charge in [-0.15, -0.1) is 0 Å². The molecule has 2 aromatic carbocycles. The Kier molecular flexibility index (Phi) is 4.98. The van der Waals surface area contributed by atoms with Gasteiger partial charge in [0.15, 0.2) is 0 Å². The van der Waals surface area contributed by atoms with E-state index in [0.29, 0.717) is 5.56 Å². The lowest BCUT2D eigenvalue weighted by molar-refractivity contribution is -0.165. The highest BCUT2D eigenvalue weighted by molar-refractivity contribution is 7.47. The Bertz CT molecular complexity index is 710. The zero-order chi connectivity index (χ0) is 16.2. The van der Waals surface area contributed by atoms with Crippen molar-refractivity contribution in [2.24, 2.45) is 0 Å². The number of phosphoric ester groups is 1. The maximum atomic E-state index is 11.8. The van der Waals surface area contributed by atoms with E-state index in [4.69, 9.17) is 4.52 Å². The van der Waals surface area contributed by atoms with Crippen molar-refractivity contribution in [3.63, 3.8) is 0 Å². The quantitative estimate of drug-likeness (QED) is 0.515. The summed E-state index contributed by atoms with van der Waals surface area (Å²) in [5, 5.41) is 0. The van der Waals surface area contributed by atoms with Crippen molar-refractivity contribution in [1.29, 1.82) is 0 Å². The normalized spacial score (nSPS) is 13.2. The van der Waals surface area contributed by atoms with Crippen molar-refractivity contribution in [2.75, 3.05) is 0 Å². The molecule has 0 saturated heterocycles. The number of hydrogen-bond acceptors (Lipinski definition) is 5. The molecule has 0 aliphatic carbocycles.